The van der Waals surface area contributed by atoms with Gasteiger partial charge in [0.1, 0.15) is 0 Å². The second-order valence-electron chi connectivity index (χ2n) is 5.77. The number of nitrogens with zero attached hydrogens (tertiary/aromatic N) is 2. The Morgan fingerprint density at radius 3 is 2.33 bits per heavy atom. The van der Waals surface area contributed by atoms with Crippen LogP contribution in [0.15, 0.2) is 24.3 Å². The maximum atomic E-state index is 12.5. The van der Waals surface area contributed by atoms with Gasteiger partial charge >= 0.3 is 0 Å². The van der Waals surface area contributed by atoms with Gasteiger partial charge in [-0.3, -0.25) is 0 Å². The van der Waals surface area contributed by atoms with Gasteiger partial charge < -0.3 is 5.11 Å². The monoisotopic (exact) mass is 312 g/mol. The number of aliphatic hydroxyl groups excluding tert-OH is 1. The molecule has 5 nitrogen and oxygen atoms in total. The van der Waals surface area contributed by atoms with Crippen molar-refractivity contribution in [3.63, 3.8) is 0 Å². The van der Waals surface area contributed by atoms with Crippen LogP contribution in [0.5, 0.6) is 0 Å². The van der Waals surface area contributed by atoms with Gasteiger partial charge in [-0.2, -0.15) is 17.0 Å². The Morgan fingerprint density at radius 1 is 1.24 bits per heavy atom. The number of hydrogen-bond acceptors (Lipinski definition) is 3. The van der Waals surface area contributed by atoms with Crippen molar-refractivity contribution >= 4 is 10.2 Å². The van der Waals surface area contributed by atoms with Crippen LogP contribution in [0.2, 0.25) is 0 Å². The predicted octanol–water partition coefficient (Wildman–Crippen LogP) is 1.38. The van der Waals surface area contributed by atoms with Gasteiger partial charge in [0.25, 0.3) is 10.2 Å². The molecule has 118 valence electrons. The molecule has 1 aliphatic heterocycles. The number of piperidine rings is 1. The highest BCUT2D eigenvalue weighted by Crippen LogP contribution is 2.21. The zero-order valence-corrected chi connectivity index (χ0v) is 13.5. The zero-order chi connectivity index (χ0) is 15.5. The minimum absolute atomic E-state index is 0.146. The Morgan fingerprint density at radius 2 is 1.81 bits per heavy atom. The lowest BCUT2D eigenvalue weighted by atomic mass is 10.00. The van der Waals surface area contributed by atoms with Crippen molar-refractivity contribution in [3.8, 4) is 0 Å². The molecule has 1 N–H and O–H groups in total. The van der Waals surface area contributed by atoms with Crippen LogP contribution in [0.3, 0.4) is 0 Å². The first kappa shape index (κ1) is 16.4. The third-order valence-corrected chi connectivity index (χ3v) is 6.01. The molecule has 1 aromatic rings. The van der Waals surface area contributed by atoms with E-state index in [1.807, 2.05) is 31.2 Å². The van der Waals surface area contributed by atoms with Gasteiger partial charge in [0.15, 0.2) is 0 Å². The van der Waals surface area contributed by atoms with Crippen molar-refractivity contribution < 1.29 is 13.5 Å². The van der Waals surface area contributed by atoms with Crippen LogP contribution in [-0.4, -0.2) is 48.9 Å². The summed E-state index contributed by atoms with van der Waals surface area (Å²) in [5.74, 6) is 0.235. The fourth-order valence-corrected chi connectivity index (χ4v) is 3.93. The maximum Gasteiger partial charge on any atom is 0.282 e. The Kier molecular flexibility index (Phi) is 5.37. The molecule has 0 atom stereocenters. The topological polar surface area (TPSA) is 60.9 Å². The van der Waals surface area contributed by atoms with E-state index >= 15 is 0 Å². The first-order chi connectivity index (χ1) is 9.93. The molecule has 0 unspecified atom stereocenters. The van der Waals surface area contributed by atoms with Crippen LogP contribution in [0.25, 0.3) is 0 Å². The quantitative estimate of drug-likeness (QED) is 0.893. The first-order valence-electron chi connectivity index (χ1n) is 7.31. The van der Waals surface area contributed by atoms with Gasteiger partial charge in [0, 0.05) is 33.3 Å². The zero-order valence-electron chi connectivity index (χ0n) is 12.7. The van der Waals surface area contributed by atoms with Crippen molar-refractivity contribution in [2.75, 3.05) is 26.7 Å². The molecule has 6 heteroatoms. The fraction of sp³-hybridized carbons (Fsp3) is 0.600. The number of hydrogen-bond donors (Lipinski definition) is 1. The molecular formula is C15H24N2O3S. The lowest BCUT2D eigenvalue weighted by Crippen LogP contribution is -2.45. The second kappa shape index (κ2) is 6.87. The summed E-state index contributed by atoms with van der Waals surface area (Å²) >= 11 is 0. The molecule has 0 amide bonds. The molecule has 2 rings (SSSR count). The summed E-state index contributed by atoms with van der Waals surface area (Å²) in [5.41, 5.74) is 2.15. The van der Waals surface area contributed by atoms with E-state index in [9.17, 15) is 8.42 Å². The van der Waals surface area contributed by atoms with E-state index in [4.69, 9.17) is 5.11 Å². The highest BCUT2D eigenvalue weighted by Gasteiger charge is 2.30. The third-order valence-electron chi connectivity index (χ3n) is 4.08. The minimum atomic E-state index is -3.42. The molecule has 1 saturated heterocycles. The molecule has 0 radical (unpaired) electrons. The average Bonchev–Trinajstić information content (AvgIpc) is 2.49. The van der Waals surface area contributed by atoms with E-state index in [1.54, 1.807) is 7.05 Å². The van der Waals surface area contributed by atoms with Crippen LogP contribution in [-0.2, 0) is 16.8 Å². The molecule has 0 aromatic heterocycles. The standard InChI is InChI=1S/C15H24N2O3S/c1-13-3-5-14(6-4-13)11-16(2)21(19,20)17-9-7-15(12-18)8-10-17/h3-6,15,18H,7-12H2,1-2H3. The summed E-state index contributed by atoms with van der Waals surface area (Å²) in [6, 6.07) is 7.89. The van der Waals surface area contributed by atoms with E-state index in [1.165, 1.54) is 8.61 Å². The van der Waals surface area contributed by atoms with Crippen molar-refractivity contribution in [3.05, 3.63) is 35.4 Å². The Balaban J connectivity index is 2.00. The Hall–Kier alpha value is -0.950. The van der Waals surface area contributed by atoms with Gasteiger partial charge in [-0.05, 0) is 31.2 Å². The molecule has 1 aromatic carbocycles. The average molecular weight is 312 g/mol. The lowest BCUT2D eigenvalue weighted by Gasteiger charge is -2.33. The lowest BCUT2D eigenvalue weighted by molar-refractivity contribution is 0.166. The molecular weight excluding hydrogens is 288 g/mol. The van der Waals surface area contributed by atoms with Crippen LogP contribution in [0.4, 0.5) is 0 Å². The van der Waals surface area contributed by atoms with Crippen molar-refractivity contribution in [2.24, 2.45) is 5.92 Å². The first-order valence-corrected chi connectivity index (χ1v) is 8.71. The van der Waals surface area contributed by atoms with E-state index in [2.05, 4.69) is 0 Å². The molecule has 1 aliphatic rings. The summed E-state index contributed by atoms with van der Waals surface area (Å²) in [6.45, 7) is 3.52. The van der Waals surface area contributed by atoms with Crippen molar-refractivity contribution in [1.82, 2.24) is 8.61 Å². The van der Waals surface area contributed by atoms with E-state index in [0.29, 0.717) is 19.6 Å². The van der Waals surface area contributed by atoms with Crippen LogP contribution < -0.4 is 0 Å². The maximum absolute atomic E-state index is 12.5. The molecule has 1 fully saturated rings. The number of aliphatic hydroxyl groups is 1. The van der Waals surface area contributed by atoms with Crippen LogP contribution >= 0.6 is 0 Å². The van der Waals surface area contributed by atoms with Gasteiger partial charge in [-0.1, -0.05) is 29.8 Å². The fourth-order valence-electron chi connectivity index (χ4n) is 2.55. The second-order valence-corrected chi connectivity index (χ2v) is 7.81. The SMILES string of the molecule is Cc1ccc(CN(C)S(=O)(=O)N2CCC(CO)CC2)cc1. The third kappa shape index (κ3) is 4.03. The highest BCUT2D eigenvalue weighted by molar-refractivity contribution is 7.86. The Bertz CT molecular complexity index is 549. The summed E-state index contributed by atoms with van der Waals surface area (Å²) in [7, 11) is -1.80. The molecule has 0 spiro atoms. The molecule has 0 bridgehead atoms. The van der Waals surface area contributed by atoms with Crippen molar-refractivity contribution in [2.45, 2.75) is 26.3 Å². The van der Waals surface area contributed by atoms with E-state index in [-0.39, 0.29) is 12.5 Å². The van der Waals surface area contributed by atoms with E-state index < -0.39 is 10.2 Å². The molecule has 21 heavy (non-hydrogen) atoms. The summed E-state index contributed by atoms with van der Waals surface area (Å²) in [5, 5.41) is 9.13. The number of benzene rings is 1. The summed E-state index contributed by atoms with van der Waals surface area (Å²) in [4.78, 5) is 0. The molecule has 0 aliphatic carbocycles. The van der Waals surface area contributed by atoms with Crippen LogP contribution in [0, 0.1) is 12.8 Å². The summed E-state index contributed by atoms with van der Waals surface area (Å²) < 4.78 is 28.0. The van der Waals surface area contributed by atoms with Gasteiger partial charge in [0.05, 0.1) is 0 Å². The number of aryl methyl sites for hydroxylation is 1. The minimum Gasteiger partial charge on any atom is -0.396 e. The number of rotatable bonds is 5. The highest BCUT2D eigenvalue weighted by atomic mass is 32.2. The van der Waals surface area contributed by atoms with Gasteiger partial charge in [0.2, 0.25) is 0 Å². The van der Waals surface area contributed by atoms with Crippen molar-refractivity contribution in [1.29, 1.82) is 0 Å². The normalized spacial score (nSPS) is 18.3. The predicted molar refractivity (Wildman–Crippen MR) is 82.9 cm³/mol. The summed E-state index contributed by atoms with van der Waals surface area (Å²) in [6.07, 6.45) is 1.46. The Labute approximate surface area is 127 Å². The smallest absolute Gasteiger partial charge is 0.282 e. The largest absolute Gasteiger partial charge is 0.396 e. The molecule has 0 saturated carbocycles. The van der Waals surface area contributed by atoms with E-state index in [0.717, 1.165) is 24.0 Å². The van der Waals surface area contributed by atoms with Gasteiger partial charge in [-0.15, -0.1) is 0 Å². The van der Waals surface area contributed by atoms with Gasteiger partial charge in [-0.25, -0.2) is 0 Å². The van der Waals surface area contributed by atoms with Crippen LogP contribution in [0.1, 0.15) is 24.0 Å². The molecule has 1 heterocycles.